The van der Waals surface area contributed by atoms with Crippen LogP contribution in [0.2, 0.25) is 0 Å². The van der Waals surface area contributed by atoms with Crippen LogP contribution in [0, 0.1) is 17.3 Å². The van der Waals surface area contributed by atoms with Crippen LogP contribution < -0.4 is 0 Å². The summed E-state index contributed by atoms with van der Waals surface area (Å²) in [4.78, 5) is 0. The molecule has 0 aliphatic rings. The molecule has 86 valence electrons. The fourth-order valence-corrected chi connectivity index (χ4v) is 1.87. The molecule has 0 radical (unpaired) electrons. The molecule has 0 aromatic carbocycles. The summed E-state index contributed by atoms with van der Waals surface area (Å²) < 4.78 is 0. The highest BCUT2D eigenvalue weighted by Gasteiger charge is 2.23. The topological polar surface area (TPSA) is 20.2 Å². The molecule has 0 aliphatic heterocycles. The molecule has 2 unspecified atom stereocenters. The highest BCUT2D eigenvalue weighted by atomic mass is 16.3. The first-order chi connectivity index (χ1) is 6.30. The highest BCUT2D eigenvalue weighted by Crippen LogP contribution is 2.31. The van der Waals surface area contributed by atoms with E-state index in [1.807, 2.05) is 6.92 Å². The number of hydrogen-bond acceptors (Lipinski definition) is 1. The van der Waals surface area contributed by atoms with Crippen LogP contribution in [0.25, 0.3) is 0 Å². The quantitative estimate of drug-likeness (QED) is 0.690. The summed E-state index contributed by atoms with van der Waals surface area (Å²) >= 11 is 0. The van der Waals surface area contributed by atoms with Crippen LogP contribution >= 0.6 is 0 Å². The van der Waals surface area contributed by atoms with Crippen LogP contribution in [0.1, 0.15) is 60.8 Å². The molecule has 0 aromatic heterocycles. The van der Waals surface area contributed by atoms with Crippen molar-refractivity contribution in [2.75, 3.05) is 0 Å². The van der Waals surface area contributed by atoms with E-state index in [2.05, 4.69) is 34.6 Å². The summed E-state index contributed by atoms with van der Waals surface area (Å²) in [6.07, 6.45) is 3.42. The SMILES string of the molecule is CCC(C)(C)CCC(C(C)C)C(C)O. The Morgan fingerprint density at radius 3 is 1.93 bits per heavy atom. The second kappa shape index (κ2) is 5.75. The van der Waals surface area contributed by atoms with Crippen molar-refractivity contribution in [1.82, 2.24) is 0 Å². The van der Waals surface area contributed by atoms with E-state index in [0.29, 0.717) is 17.3 Å². The van der Waals surface area contributed by atoms with E-state index in [9.17, 15) is 5.11 Å². The molecule has 0 fully saturated rings. The highest BCUT2D eigenvalue weighted by molar-refractivity contribution is 4.74. The Hall–Kier alpha value is -0.0400. The minimum absolute atomic E-state index is 0.164. The largest absolute Gasteiger partial charge is 0.393 e. The van der Waals surface area contributed by atoms with Gasteiger partial charge in [0.2, 0.25) is 0 Å². The van der Waals surface area contributed by atoms with Gasteiger partial charge in [-0.15, -0.1) is 0 Å². The van der Waals surface area contributed by atoms with Crippen molar-refractivity contribution in [3.8, 4) is 0 Å². The molecule has 14 heavy (non-hydrogen) atoms. The molecule has 0 rings (SSSR count). The van der Waals surface area contributed by atoms with Gasteiger partial charge in [0.25, 0.3) is 0 Å². The minimum atomic E-state index is -0.164. The number of aliphatic hydroxyl groups excluding tert-OH is 1. The smallest absolute Gasteiger partial charge is 0.0542 e. The average Bonchev–Trinajstić information content (AvgIpc) is 2.03. The fourth-order valence-electron chi connectivity index (χ4n) is 1.87. The van der Waals surface area contributed by atoms with Crippen molar-refractivity contribution in [3.63, 3.8) is 0 Å². The van der Waals surface area contributed by atoms with Crippen molar-refractivity contribution in [1.29, 1.82) is 0 Å². The Kier molecular flexibility index (Phi) is 5.73. The van der Waals surface area contributed by atoms with Crippen molar-refractivity contribution >= 4 is 0 Å². The number of rotatable bonds is 6. The molecule has 0 aliphatic carbocycles. The molecule has 0 spiro atoms. The van der Waals surface area contributed by atoms with Gasteiger partial charge in [-0.1, -0.05) is 41.0 Å². The van der Waals surface area contributed by atoms with Gasteiger partial charge in [0.05, 0.1) is 6.10 Å². The predicted molar refractivity (Wildman–Crippen MR) is 63.3 cm³/mol. The zero-order valence-corrected chi connectivity index (χ0v) is 10.8. The lowest BCUT2D eigenvalue weighted by molar-refractivity contribution is 0.0817. The van der Waals surface area contributed by atoms with E-state index >= 15 is 0 Å². The molecule has 0 amide bonds. The van der Waals surface area contributed by atoms with Crippen molar-refractivity contribution in [2.45, 2.75) is 66.9 Å². The first kappa shape index (κ1) is 14.0. The Morgan fingerprint density at radius 2 is 1.64 bits per heavy atom. The lowest BCUT2D eigenvalue weighted by atomic mass is 9.78. The van der Waals surface area contributed by atoms with E-state index in [1.165, 1.54) is 12.8 Å². The van der Waals surface area contributed by atoms with Gasteiger partial charge in [0.15, 0.2) is 0 Å². The normalized spacial score (nSPS) is 17.1. The molecular formula is C13H28O. The third-order valence-electron chi connectivity index (χ3n) is 3.59. The molecule has 0 bridgehead atoms. The zero-order chi connectivity index (χ0) is 11.4. The van der Waals surface area contributed by atoms with Crippen LogP contribution in [0.15, 0.2) is 0 Å². The average molecular weight is 200 g/mol. The summed E-state index contributed by atoms with van der Waals surface area (Å²) in [6, 6.07) is 0. The van der Waals surface area contributed by atoms with Gasteiger partial charge < -0.3 is 5.11 Å². The van der Waals surface area contributed by atoms with Crippen LogP contribution in [0.5, 0.6) is 0 Å². The van der Waals surface area contributed by atoms with Crippen molar-refractivity contribution in [3.05, 3.63) is 0 Å². The van der Waals surface area contributed by atoms with Gasteiger partial charge in [-0.25, -0.2) is 0 Å². The Morgan fingerprint density at radius 1 is 1.14 bits per heavy atom. The standard InChI is InChI=1S/C13H28O/c1-7-13(5,6)9-8-12(10(2)3)11(4)14/h10-12,14H,7-9H2,1-6H3. The van der Waals surface area contributed by atoms with Gasteiger partial charge in [0, 0.05) is 0 Å². The Balaban J connectivity index is 4.07. The van der Waals surface area contributed by atoms with Gasteiger partial charge >= 0.3 is 0 Å². The van der Waals surface area contributed by atoms with Crippen molar-refractivity contribution < 1.29 is 5.11 Å². The van der Waals surface area contributed by atoms with E-state index in [-0.39, 0.29) is 6.10 Å². The predicted octanol–water partition coefficient (Wildman–Crippen LogP) is 3.86. The van der Waals surface area contributed by atoms with Crippen LogP contribution in [0.4, 0.5) is 0 Å². The van der Waals surface area contributed by atoms with Gasteiger partial charge in [0.1, 0.15) is 0 Å². The van der Waals surface area contributed by atoms with E-state index < -0.39 is 0 Å². The monoisotopic (exact) mass is 200 g/mol. The van der Waals surface area contributed by atoms with E-state index in [1.54, 1.807) is 0 Å². The summed E-state index contributed by atoms with van der Waals surface area (Å²) in [5, 5.41) is 9.65. The maximum atomic E-state index is 9.65. The second-order valence-electron chi connectivity index (χ2n) is 5.70. The van der Waals surface area contributed by atoms with E-state index in [4.69, 9.17) is 0 Å². The first-order valence-electron chi connectivity index (χ1n) is 5.98. The summed E-state index contributed by atoms with van der Waals surface area (Å²) in [5.41, 5.74) is 0.433. The van der Waals surface area contributed by atoms with Gasteiger partial charge in [-0.05, 0) is 37.0 Å². The lowest BCUT2D eigenvalue weighted by Crippen LogP contribution is -2.24. The fraction of sp³-hybridized carbons (Fsp3) is 1.00. The minimum Gasteiger partial charge on any atom is -0.393 e. The summed E-state index contributed by atoms with van der Waals surface area (Å²) in [7, 11) is 0. The molecule has 0 saturated heterocycles. The summed E-state index contributed by atoms with van der Waals surface area (Å²) in [6.45, 7) is 13.2. The number of hydrogen-bond donors (Lipinski definition) is 1. The van der Waals surface area contributed by atoms with E-state index in [0.717, 1.165) is 6.42 Å². The van der Waals surface area contributed by atoms with Crippen LogP contribution in [-0.2, 0) is 0 Å². The number of aliphatic hydroxyl groups is 1. The molecule has 0 saturated carbocycles. The van der Waals surface area contributed by atoms with Gasteiger partial charge in [-0.3, -0.25) is 0 Å². The van der Waals surface area contributed by atoms with Crippen LogP contribution in [-0.4, -0.2) is 11.2 Å². The molecule has 1 nitrogen and oxygen atoms in total. The molecule has 1 heteroatoms. The summed E-state index contributed by atoms with van der Waals surface area (Å²) in [5.74, 6) is 1.04. The molecular weight excluding hydrogens is 172 g/mol. The third-order valence-corrected chi connectivity index (χ3v) is 3.59. The zero-order valence-electron chi connectivity index (χ0n) is 10.8. The molecule has 1 N–H and O–H groups in total. The second-order valence-corrected chi connectivity index (χ2v) is 5.70. The molecule has 2 atom stereocenters. The molecule has 0 aromatic rings. The van der Waals surface area contributed by atoms with Gasteiger partial charge in [-0.2, -0.15) is 0 Å². The Labute approximate surface area is 89.9 Å². The Bertz CT molecular complexity index is 139. The molecule has 0 heterocycles. The lowest BCUT2D eigenvalue weighted by Gasteiger charge is -2.29. The third kappa shape index (κ3) is 4.99. The van der Waals surface area contributed by atoms with Crippen molar-refractivity contribution in [2.24, 2.45) is 17.3 Å². The van der Waals surface area contributed by atoms with Crippen LogP contribution in [0.3, 0.4) is 0 Å². The maximum absolute atomic E-state index is 9.65. The first-order valence-corrected chi connectivity index (χ1v) is 5.98. The maximum Gasteiger partial charge on any atom is 0.0542 e.